The highest BCUT2D eigenvalue weighted by Gasteiger charge is 2.27. The standard InChI is InChI=1S/C14H22OS/c1-3-12-7-8-13(16-12)14(15)11-6-4-5-10(2)9-11/h7-8,10-11,14-15H,3-6,9H2,1-2H3. The average Bonchev–Trinajstić information content (AvgIpc) is 2.76. The highest BCUT2D eigenvalue weighted by atomic mass is 32.1. The van der Waals surface area contributed by atoms with E-state index < -0.39 is 0 Å². The summed E-state index contributed by atoms with van der Waals surface area (Å²) in [6.07, 6.45) is 5.89. The maximum atomic E-state index is 10.4. The molecule has 1 aliphatic rings. The van der Waals surface area contributed by atoms with Gasteiger partial charge in [-0.3, -0.25) is 0 Å². The Morgan fingerprint density at radius 2 is 2.25 bits per heavy atom. The van der Waals surface area contributed by atoms with Gasteiger partial charge in [0.15, 0.2) is 0 Å². The zero-order valence-corrected chi connectivity index (χ0v) is 11.1. The molecule has 1 aromatic rings. The Labute approximate surface area is 103 Å². The molecule has 1 aromatic heterocycles. The number of thiophene rings is 1. The van der Waals surface area contributed by atoms with Crippen LogP contribution in [0.3, 0.4) is 0 Å². The molecule has 0 aromatic carbocycles. The number of aryl methyl sites for hydroxylation is 1. The Morgan fingerprint density at radius 3 is 2.88 bits per heavy atom. The molecule has 0 amide bonds. The third-order valence-electron chi connectivity index (χ3n) is 3.75. The summed E-state index contributed by atoms with van der Waals surface area (Å²) < 4.78 is 0. The molecule has 1 aliphatic carbocycles. The minimum atomic E-state index is -0.215. The van der Waals surface area contributed by atoms with Crippen molar-refractivity contribution in [1.82, 2.24) is 0 Å². The van der Waals surface area contributed by atoms with Crippen LogP contribution in [0.1, 0.15) is 55.4 Å². The topological polar surface area (TPSA) is 20.2 Å². The van der Waals surface area contributed by atoms with Crippen molar-refractivity contribution in [1.29, 1.82) is 0 Å². The largest absolute Gasteiger partial charge is 0.387 e. The Bertz CT molecular complexity index is 331. The fourth-order valence-electron chi connectivity index (χ4n) is 2.74. The van der Waals surface area contributed by atoms with Gasteiger partial charge in [-0.1, -0.05) is 26.7 Å². The Kier molecular flexibility index (Phi) is 4.04. The fourth-order valence-corrected chi connectivity index (χ4v) is 3.78. The number of aliphatic hydroxyl groups is 1. The molecule has 0 saturated heterocycles. The molecule has 0 spiro atoms. The monoisotopic (exact) mass is 238 g/mol. The van der Waals surface area contributed by atoms with Crippen LogP contribution in [0.15, 0.2) is 12.1 Å². The van der Waals surface area contributed by atoms with Crippen molar-refractivity contribution in [2.75, 3.05) is 0 Å². The molecule has 2 rings (SSSR count). The zero-order chi connectivity index (χ0) is 11.5. The number of hydrogen-bond acceptors (Lipinski definition) is 2. The van der Waals surface area contributed by atoms with Gasteiger partial charge in [0.25, 0.3) is 0 Å². The minimum Gasteiger partial charge on any atom is -0.387 e. The summed E-state index contributed by atoms with van der Waals surface area (Å²) in [4.78, 5) is 2.56. The lowest BCUT2D eigenvalue weighted by molar-refractivity contribution is 0.0742. The first-order valence-corrected chi connectivity index (χ1v) is 7.29. The molecular weight excluding hydrogens is 216 g/mol. The molecule has 1 saturated carbocycles. The first-order chi connectivity index (χ1) is 7.70. The van der Waals surface area contributed by atoms with Crippen molar-refractivity contribution < 1.29 is 5.11 Å². The molecule has 1 N–H and O–H groups in total. The highest BCUT2D eigenvalue weighted by Crippen LogP contribution is 2.39. The van der Waals surface area contributed by atoms with Crippen molar-refractivity contribution in [2.45, 2.75) is 52.1 Å². The lowest BCUT2D eigenvalue weighted by Crippen LogP contribution is -2.19. The molecule has 0 aliphatic heterocycles. The van der Waals surface area contributed by atoms with E-state index in [0.29, 0.717) is 5.92 Å². The Balaban J connectivity index is 2.02. The summed E-state index contributed by atoms with van der Waals surface area (Å²) in [5, 5.41) is 10.4. The fraction of sp³-hybridized carbons (Fsp3) is 0.714. The van der Waals surface area contributed by atoms with E-state index in [1.807, 2.05) is 0 Å². The second-order valence-electron chi connectivity index (χ2n) is 5.13. The Morgan fingerprint density at radius 1 is 1.44 bits per heavy atom. The van der Waals surface area contributed by atoms with Gasteiger partial charge >= 0.3 is 0 Å². The van der Waals surface area contributed by atoms with Crippen molar-refractivity contribution in [2.24, 2.45) is 11.8 Å². The van der Waals surface area contributed by atoms with Crippen molar-refractivity contribution in [3.63, 3.8) is 0 Å². The van der Waals surface area contributed by atoms with Gasteiger partial charge in [0, 0.05) is 9.75 Å². The third kappa shape index (κ3) is 2.67. The van der Waals surface area contributed by atoms with Crippen LogP contribution in [0.4, 0.5) is 0 Å². The van der Waals surface area contributed by atoms with Gasteiger partial charge in [0.2, 0.25) is 0 Å². The maximum absolute atomic E-state index is 10.4. The van der Waals surface area contributed by atoms with Gasteiger partial charge in [-0.2, -0.15) is 0 Å². The van der Waals surface area contributed by atoms with Gasteiger partial charge in [0.1, 0.15) is 0 Å². The quantitative estimate of drug-likeness (QED) is 0.838. The summed E-state index contributed by atoms with van der Waals surface area (Å²) in [5.41, 5.74) is 0. The molecule has 2 heteroatoms. The van der Waals surface area contributed by atoms with Crippen LogP contribution in [0.25, 0.3) is 0 Å². The predicted molar refractivity (Wildman–Crippen MR) is 69.8 cm³/mol. The van der Waals surface area contributed by atoms with Crippen LogP contribution >= 0.6 is 11.3 Å². The van der Waals surface area contributed by atoms with Gasteiger partial charge < -0.3 is 5.11 Å². The highest BCUT2D eigenvalue weighted by molar-refractivity contribution is 7.12. The van der Waals surface area contributed by atoms with E-state index in [9.17, 15) is 5.11 Å². The molecule has 1 heterocycles. The van der Waals surface area contributed by atoms with Crippen LogP contribution in [0, 0.1) is 11.8 Å². The molecule has 16 heavy (non-hydrogen) atoms. The van der Waals surface area contributed by atoms with Crippen molar-refractivity contribution in [3.8, 4) is 0 Å². The first kappa shape index (κ1) is 12.1. The van der Waals surface area contributed by atoms with Gasteiger partial charge in [-0.15, -0.1) is 11.3 Å². The first-order valence-electron chi connectivity index (χ1n) is 6.47. The predicted octanol–water partition coefficient (Wildman–Crippen LogP) is 4.17. The van der Waals surface area contributed by atoms with Gasteiger partial charge in [0.05, 0.1) is 6.10 Å². The van der Waals surface area contributed by atoms with Crippen molar-refractivity contribution in [3.05, 3.63) is 21.9 Å². The summed E-state index contributed by atoms with van der Waals surface area (Å²) in [6.45, 7) is 4.48. The second kappa shape index (κ2) is 5.33. The van der Waals surface area contributed by atoms with Crippen LogP contribution in [0.2, 0.25) is 0 Å². The van der Waals surface area contributed by atoms with Crippen molar-refractivity contribution >= 4 is 11.3 Å². The summed E-state index contributed by atoms with van der Waals surface area (Å²) in [7, 11) is 0. The average molecular weight is 238 g/mol. The molecule has 0 bridgehead atoms. The van der Waals surface area contributed by atoms with Crippen LogP contribution in [-0.2, 0) is 6.42 Å². The number of rotatable bonds is 3. The third-order valence-corrected chi connectivity index (χ3v) is 5.05. The van der Waals surface area contributed by atoms with Crippen LogP contribution < -0.4 is 0 Å². The van der Waals surface area contributed by atoms with E-state index in [1.165, 1.54) is 35.4 Å². The van der Waals surface area contributed by atoms with E-state index >= 15 is 0 Å². The molecule has 3 unspecified atom stereocenters. The summed E-state index contributed by atoms with van der Waals surface area (Å²) in [6, 6.07) is 4.28. The summed E-state index contributed by atoms with van der Waals surface area (Å²) in [5.74, 6) is 1.28. The van der Waals surface area contributed by atoms with Crippen LogP contribution in [-0.4, -0.2) is 5.11 Å². The maximum Gasteiger partial charge on any atom is 0.0910 e. The normalized spacial score (nSPS) is 27.9. The van der Waals surface area contributed by atoms with E-state index in [4.69, 9.17) is 0 Å². The molecule has 1 fully saturated rings. The zero-order valence-electron chi connectivity index (χ0n) is 10.3. The minimum absolute atomic E-state index is 0.215. The molecule has 0 radical (unpaired) electrons. The Hall–Kier alpha value is -0.340. The number of hydrogen-bond donors (Lipinski definition) is 1. The van der Waals surface area contributed by atoms with Gasteiger partial charge in [-0.25, -0.2) is 0 Å². The number of aliphatic hydroxyl groups excluding tert-OH is 1. The van der Waals surface area contributed by atoms with E-state index in [-0.39, 0.29) is 6.10 Å². The summed E-state index contributed by atoms with van der Waals surface area (Å²) >= 11 is 1.79. The second-order valence-corrected chi connectivity index (χ2v) is 6.33. The van der Waals surface area contributed by atoms with E-state index in [0.717, 1.165) is 12.3 Å². The molecule has 1 nitrogen and oxygen atoms in total. The van der Waals surface area contributed by atoms with E-state index in [2.05, 4.69) is 26.0 Å². The smallest absolute Gasteiger partial charge is 0.0910 e. The lowest BCUT2D eigenvalue weighted by atomic mass is 9.79. The molecule has 3 atom stereocenters. The lowest BCUT2D eigenvalue weighted by Gasteiger charge is -2.29. The SMILES string of the molecule is CCc1ccc(C(O)C2CCCC(C)C2)s1. The van der Waals surface area contributed by atoms with E-state index in [1.54, 1.807) is 11.3 Å². The van der Waals surface area contributed by atoms with Crippen LogP contribution in [0.5, 0.6) is 0 Å². The van der Waals surface area contributed by atoms with Gasteiger partial charge in [-0.05, 0) is 43.2 Å². The molecular formula is C14H22OS. The molecule has 90 valence electrons.